The number of benzene rings is 1. The number of aryl methyl sites for hydroxylation is 2. The van der Waals surface area contributed by atoms with Crippen LogP contribution < -0.4 is 0 Å². The zero-order valence-electron chi connectivity index (χ0n) is 8.18. The van der Waals surface area contributed by atoms with Gasteiger partial charge in [0.25, 0.3) is 0 Å². The number of rotatable bonds is 2. The molecular weight excluding hydrogens is 224 g/mol. The SMILES string of the molecule is Cc1ccc(C2CC2CBr)cc1C. The van der Waals surface area contributed by atoms with Gasteiger partial charge in [0.2, 0.25) is 0 Å². The molecule has 0 spiro atoms. The Labute approximate surface area is 88.5 Å². The second kappa shape index (κ2) is 3.45. The van der Waals surface area contributed by atoms with Gasteiger partial charge in [0.05, 0.1) is 0 Å². The molecule has 1 aromatic carbocycles. The lowest BCUT2D eigenvalue weighted by atomic mass is 10.0. The fraction of sp³-hybridized carbons (Fsp3) is 0.500. The highest BCUT2D eigenvalue weighted by atomic mass is 79.9. The summed E-state index contributed by atoms with van der Waals surface area (Å²) in [6.45, 7) is 4.37. The molecular formula is C12H15Br. The quantitative estimate of drug-likeness (QED) is 0.688. The van der Waals surface area contributed by atoms with Gasteiger partial charge in [-0.15, -0.1) is 0 Å². The molecule has 2 rings (SSSR count). The van der Waals surface area contributed by atoms with Crippen LogP contribution in [-0.2, 0) is 0 Å². The standard InChI is InChI=1S/C12H15Br/c1-8-3-4-10(5-9(8)2)12-6-11(12)7-13/h3-5,11-12H,6-7H2,1-2H3. The van der Waals surface area contributed by atoms with E-state index in [1.165, 1.54) is 23.1 Å². The van der Waals surface area contributed by atoms with Crippen LogP contribution in [0.3, 0.4) is 0 Å². The molecule has 1 saturated carbocycles. The van der Waals surface area contributed by atoms with Crippen LogP contribution in [0.2, 0.25) is 0 Å². The van der Waals surface area contributed by atoms with E-state index in [0.717, 1.165) is 17.2 Å². The van der Waals surface area contributed by atoms with Crippen molar-refractivity contribution in [3.63, 3.8) is 0 Å². The first kappa shape index (κ1) is 9.26. The Balaban J connectivity index is 2.19. The minimum absolute atomic E-state index is 0.832. The molecule has 1 fully saturated rings. The van der Waals surface area contributed by atoms with E-state index in [1.54, 1.807) is 0 Å². The molecule has 1 heteroatoms. The summed E-state index contributed by atoms with van der Waals surface area (Å²) in [5.41, 5.74) is 4.37. The predicted octanol–water partition coefficient (Wildman–Crippen LogP) is 3.80. The van der Waals surface area contributed by atoms with Crippen molar-refractivity contribution in [1.82, 2.24) is 0 Å². The highest BCUT2D eigenvalue weighted by molar-refractivity contribution is 9.09. The lowest BCUT2D eigenvalue weighted by Crippen LogP contribution is -1.87. The van der Waals surface area contributed by atoms with Crippen molar-refractivity contribution >= 4 is 15.9 Å². The monoisotopic (exact) mass is 238 g/mol. The van der Waals surface area contributed by atoms with Crippen LogP contribution in [0.25, 0.3) is 0 Å². The highest BCUT2D eigenvalue weighted by Crippen LogP contribution is 2.48. The van der Waals surface area contributed by atoms with Crippen molar-refractivity contribution in [2.45, 2.75) is 26.2 Å². The highest BCUT2D eigenvalue weighted by Gasteiger charge is 2.36. The first-order chi connectivity index (χ1) is 6.22. The molecule has 13 heavy (non-hydrogen) atoms. The minimum atomic E-state index is 0.832. The fourth-order valence-electron chi connectivity index (χ4n) is 1.82. The number of halogens is 1. The van der Waals surface area contributed by atoms with Gasteiger partial charge in [0.1, 0.15) is 0 Å². The molecule has 0 radical (unpaired) electrons. The molecule has 0 aromatic heterocycles. The largest absolute Gasteiger partial charge is 0.0925 e. The van der Waals surface area contributed by atoms with E-state index in [-0.39, 0.29) is 0 Å². The average Bonchev–Trinajstić information content (AvgIpc) is 2.88. The summed E-state index contributed by atoms with van der Waals surface area (Å²) in [5.74, 6) is 1.72. The van der Waals surface area contributed by atoms with Crippen LogP contribution in [0.5, 0.6) is 0 Å². The summed E-state index contributed by atoms with van der Waals surface area (Å²) in [5, 5.41) is 1.16. The van der Waals surface area contributed by atoms with Crippen molar-refractivity contribution in [1.29, 1.82) is 0 Å². The van der Waals surface area contributed by atoms with Crippen LogP contribution >= 0.6 is 15.9 Å². The number of alkyl halides is 1. The van der Waals surface area contributed by atoms with Gasteiger partial charge in [-0.05, 0) is 48.8 Å². The summed E-state index contributed by atoms with van der Waals surface area (Å²) in [6, 6.07) is 6.88. The molecule has 0 nitrogen and oxygen atoms in total. The Kier molecular flexibility index (Phi) is 2.46. The summed E-state index contributed by atoms with van der Waals surface area (Å²) in [4.78, 5) is 0. The van der Waals surface area contributed by atoms with Crippen molar-refractivity contribution < 1.29 is 0 Å². The zero-order valence-corrected chi connectivity index (χ0v) is 9.76. The molecule has 0 heterocycles. The van der Waals surface area contributed by atoms with E-state index in [2.05, 4.69) is 48.0 Å². The summed E-state index contributed by atoms with van der Waals surface area (Å²) >= 11 is 3.55. The van der Waals surface area contributed by atoms with E-state index < -0.39 is 0 Å². The molecule has 2 unspecified atom stereocenters. The van der Waals surface area contributed by atoms with E-state index in [1.807, 2.05) is 0 Å². The molecule has 0 aliphatic heterocycles. The predicted molar refractivity (Wildman–Crippen MR) is 60.6 cm³/mol. The van der Waals surface area contributed by atoms with Crippen LogP contribution in [0.4, 0.5) is 0 Å². The van der Waals surface area contributed by atoms with Crippen molar-refractivity contribution in [2.24, 2.45) is 5.92 Å². The van der Waals surface area contributed by atoms with E-state index >= 15 is 0 Å². The van der Waals surface area contributed by atoms with Crippen LogP contribution in [0.15, 0.2) is 18.2 Å². The molecule has 0 N–H and O–H groups in total. The second-order valence-electron chi connectivity index (χ2n) is 4.10. The molecule has 0 saturated heterocycles. The van der Waals surface area contributed by atoms with Crippen LogP contribution in [0, 0.1) is 19.8 Å². The average molecular weight is 239 g/mol. The van der Waals surface area contributed by atoms with E-state index in [4.69, 9.17) is 0 Å². The van der Waals surface area contributed by atoms with Crippen molar-refractivity contribution in [3.05, 3.63) is 34.9 Å². The van der Waals surface area contributed by atoms with Crippen LogP contribution in [0.1, 0.15) is 29.0 Å². The minimum Gasteiger partial charge on any atom is -0.0925 e. The molecule has 1 aliphatic carbocycles. The molecule has 1 aromatic rings. The van der Waals surface area contributed by atoms with Gasteiger partial charge in [0.15, 0.2) is 0 Å². The molecule has 1 aliphatic rings. The van der Waals surface area contributed by atoms with Gasteiger partial charge in [-0.1, -0.05) is 34.1 Å². The maximum absolute atomic E-state index is 3.55. The maximum Gasteiger partial charge on any atom is 0.00657 e. The lowest BCUT2D eigenvalue weighted by molar-refractivity contribution is 0.934. The first-order valence-corrected chi connectivity index (χ1v) is 5.97. The van der Waals surface area contributed by atoms with Gasteiger partial charge in [0, 0.05) is 5.33 Å². The van der Waals surface area contributed by atoms with Crippen molar-refractivity contribution in [3.8, 4) is 0 Å². The van der Waals surface area contributed by atoms with Gasteiger partial charge < -0.3 is 0 Å². The summed E-state index contributed by atoms with van der Waals surface area (Å²) in [7, 11) is 0. The van der Waals surface area contributed by atoms with Gasteiger partial charge >= 0.3 is 0 Å². The molecule has 2 atom stereocenters. The summed E-state index contributed by atoms with van der Waals surface area (Å²) < 4.78 is 0. The Morgan fingerprint density at radius 2 is 2.08 bits per heavy atom. The Morgan fingerprint density at radius 1 is 1.31 bits per heavy atom. The fourth-order valence-corrected chi connectivity index (χ4v) is 2.54. The number of hydrogen-bond donors (Lipinski definition) is 0. The third kappa shape index (κ3) is 1.80. The number of hydrogen-bond acceptors (Lipinski definition) is 0. The Hall–Kier alpha value is -0.300. The summed E-state index contributed by atoms with van der Waals surface area (Å²) in [6.07, 6.45) is 1.37. The van der Waals surface area contributed by atoms with Gasteiger partial charge in [-0.3, -0.25) is 0 Å². The first-order valence-electron chi connectivity index (χ1n) is 4.85. The maximum atomic E-state index is 3.55. The third-order valence-electron chi connectivity index (χ3n) is 3.08. The normalized spacial score (nSPS) is 26.1. The van der Waals surface area contributed by atoms with Crippen LogP contribution in [-0.4, -0.2) is 5.33 Å². The van der Waals surface area contributed by atoms with Gasteiger partial charge in [-0.2, -0.15) is 0 Å². The molecule has 70 valence electrons. The smallest absolute Gasteiger partial charge is 0.00657 e. The van der Waals surface area contributed by atoms with Crippen molar-refractivity contribution in [2.75, 3.05) is 5.33 Å². The Bertz CT molecular complexity index is 317. The zero-order chi connectivity index (χ0) is 9.42. The third-order valence-corrected chi connectivity index (χ3v) is 3.91. The van der Waals surface area contributed by atoms with E-state index in [9.17, 15) is 0 Å². The molecule has 0 bridgehead atoms. The molecule has 0 amide bonds. The lowest BCUT2D eigenvalue weighted by Gasteiger charge is -2.03. The van der Waals surface area contributed by atoms with Gasteiger partial charge in [-0.25, -0.2) is 0 Å². The second-order valence-corrected chi connectivity index (χ2v) is 4.75. The van der Waals surface area contributed by atoms with E-state index in [0.29, 0.717) is 0 Å². The Morgan fingerprint density at radius 3 is 2.62 bits per heavy atom. The topological polar surface area (TPSA) is 0 Å².